The lowest BCUT2D eigenvalue weighted by atomic mass is 9.99. The third-order valence-corrected chi connectivity index (χ3v) is 8.58. The molecule has 1 aliphatic heterocycles. The molecule has 0 unspecified atom stereocenters. The van der Waals surface area contributed by atoms with E-state index >= 15 is 0 Å². The van der Waals surface area contributed by atoms with Gasteiger partial charge >= 0.3 is 0 Å². The second-order valence-electron chi connectivity index (χ2n) is 8.10. The monoisotopic (exact) mass is 480 g/mol. The molecular formula is C26H28N2O3S2. The van der Waals surface area contributed by atoms with E-state index < -0.39 is 10.0 Å². The van der Waals surface area contributed by atoms with Crippen molar-refractivity contribution in [1.82, 2.24) is 5.32 Å². The minimum absolute atomic E-state index is 0.238. The van der Waals surface area contributed by atoms with E-state index in [0.29, 0.717) is 17.8 Å². The minimum Gasteiger partial charge on any atom is -0.354 e. The normalized spacial score (nSPS) is 13.8. The zero-order valence-corrected chi connectivity index (χ0v) is 20.5. The van der Waals surface area contributed by atoms with E-state index in [9.17, 15) is 13.2 Å². The van der Waals surface area contributed by atoms with Crippen molar-refractivity contribution in [3.05, 3.63) is 83.4 Å². The summed E-state index contributed by atoms with van der Waals surface area (Å²) < 4.78 is 27.9. The fourth-order valence-electron chi connectivity index (χ4n) is 3.89. The molecule has 4 rings (SSSR count). The lowest BCUT2D eigenvalue weighted by Gasteiger charge is -2.32. The Morgan fingerprint density at radius 2 is 1.70 bits per heavy atom. The van der Waals surface area contributed by atoms with Crippen molar-refractivity contribution in [2.75, 3.05) is 23.1 Å². The molecule has 0 atom stereocenters. The van der Waals surface area contributed by atoms with Gasteiger partial charge in [-0.15, -0.1) is 0 Å². The number of fused-ring (bicyclic) bond motifs is 3. The van der Waals surface area contributed by atoms with Crippen LogP contribution in [0.5, 0.6) is 0 Å². The number of benzene rings is 3. The van der Waals surface area contributed by atoms with Gasteiger partial charge in [-0.3, -0.25) is 9.10 Å². The summed E-state index contributed by atoms with van der Waals surface area (Å²) in [6.45, 7) is 4.38. The van der Waals surface area contributed by atoms with E-state index in [2.05, 4.69) is 43.4 Å². The molecular weight excluding hydrogens is 452 g/mol. The summed E-state index contributed by atoms with van der Waals surface area (Å²) in [7, 11) is -3.82. The van der Waals surface area contributed by atoms with E-state index in [1.807, 2.05) is 30.3 Å². The summed E-state index contributed by atoms with van der Waals surface area (Å²) in [5.74, 6) is 1.33. The van der Waals surface area contributed by atoms with Crippen LogP contribution in [0.3, 0.4) is 0 Å². The number of anilines is 1. The quantitative estimate of drug-likeness (QED) is 0.471. The van der Waals surface area contributed by atoms with Gasteiger partial charge in [-0.1, -0.05) is 61.0 Å². The van der Waals surface area contributed by atoms with Crippen molar-refractivity contribution in [3.8, 4) is 11.1 Å². The van der Waals surface area contributed by atoms with Crippen LogP contribution in [0.4, 0.5) is 5.69 Å². The van der Waals surface area contributed by atoms with Gasteiger partial charge in [0.2, 0.25) is 5.91 Å². The van der Waals surface area contributed by atoms with Crippen LogP contribution in [-0.4, -0.2) is 33.2 Å². The summed E-state index contributed by atoms with van der Waals surface area (Å²) in [5.41, 5.74) is 5.69. The van der Waals surface area contributed by atoms with Crippen LogP contribution in [0.15, 0.2) is 71.6 Å². The number of carbonyl (C=O) groups is 1. The molecule has 0 aliphatic carbocycles. The van der Waals surface area contributed by atoms with Crippen LogP contribution >= 0.6 is 11.8 Å². The number of sulfonamides is 1. The van der Waals surface area contributed by atoms with Crippen LogP contribution in [0.1, 0.15) is 23.6 Å². The predicted molar refractivity (Wildman–Crippen MR) is 136 cm³/mol. The number of nitrogens with zero attached hydrogens (tertiary/aromatic N) is 1. The van der Waals surface area contributed by atoms with Gasteiger partial charge in [0.05, 0.1) is 10.6 Å². The molecule has 3 aromatic rings. The van der Waals surface area contributed by atoms with Gasteiger partial charge in [-0.25, -0.2) is 8.42 Å². The lowest BCUT2D eigenvalue weighted by molar-refractivity contribution is -0.119. The Kier molecular flexibility index (Phi) is 7.10. The average Bonchev–Trinajstić information content (AvgIpc) is 2.82. The van der Waals surface area contributed by atoms with Gasteiger partial charge in [-0.05, 0) is 42.7 Å². The molecule has 0 saturated heterocycles. The van der Waals surface area contributed by atoms with E-state index in [4.69, 9.17) is 0 Å². The summed E-state index contributed by atoms with van der Waals surface area (Å²) in [6.07, 6.45) is 0.850. The van der Waals surface area contributed by atoms with Crippen LogP contribution < -0.4 is 9.62 Å². The Balaban J connectivity index is 1.43. The maximum Gasteiger partial charge on any atom is 0.265 e. The topological polar surface area (TPSA) is 66.5 Å². The molecule has 0 fully saturated rings. The molecule has 0 radical (unpaired) electrons. The van der Waals surface area contributed by atoms with E-state index in [-0.39, 0.29) is 17.3 Å². The lowest BCUT2D eigenvalue weighted by Crippen LogP contribution is -2.43. The average molecular weight is 481 g/mol. The summed E-state index contributed by atoms with van der Waals surface area (Å²) in [5, 5.41) is 2.87. The van der Waals surface area contributed by atoms with Gasteiger partial charge in [0.15, 0.2) is 0 Å². The number of rotatable bonds is 8. The summed E-state index contributed by atoms with van der Waals surface area (Å²) >= 11 is 1.74. The largest absolute Gasteiger partial charge is 0.354 e. The number of hydrogen-bond acceptors (Lipinski definition) is 4. The third-order valence-electron chi connectivity index (χ3n) is 5.73. The third kappa shape index (κ3) is 5.09. The Labute approximate surface area is 200 Å². The van der Waals surface area contributed by atoms with Crippen molar-refractivity contribution in [1.29, 1.82) is 0 Å². The second kappa shape index (κ2) is 10.0. The first-order valence-electron chi connectivity index (χ1n) is 11.0. The number of thioether (sulfide) groups is 1. The van der Waals surface area contributed by atoms with E-state index in [0.717, 1.165) is 29.1 Å². The van der Waals surface area contributed by atoms with E-state index in [1.54, 1.807) is 23.9 Å². The van der Waals surface area contributed by atoms with Crippen molar-refractivity contribution < 1.29 is 13.2 Å². The van der Waals surface area contributed by atoms with Crippen LogP contribution in [0, 0.1) is 6.92 Å². The standard InChI is InChI=1S/C26H28N2O3S2/c1-3-20-12-13-24-23(16-20)22-6-4-5-7-25(22)33(30,31)28(24)17-26(29)27-14-15-32-18-21-10-8-19(2)9-11-21/h4-13,16H,3,14-15,17-18H2,1-2H3,(H,27,29). The molecule has 5 nitrogen and oxygen atoms in total. The first-order chi connectivity index (χ1) is 15.9. The Hall–Kier alpha value is -2.77. The highest BCUT2D eigenvalue weighted by Crippen LogP contribution is 2.43. The highest BCUT2D eigenvalue weighted by atomic mass is 32.2. The highest BCUT2D eigenvalue weighted by molar-refractivity contribution is 7.98. The molecule has 0 saturated carbocycles. The fourth-order valence-corrected chi connectivity index (χ4v) is 6.36. The van der Waals surface area contributed by atoms with Gasteiger partial charge in [0, 0.05) is 29.2 Å². The molecule has 0 bridgehead atoms. The predicted octanol–water partition coefficient (Wildman–Crippen LogP) is 4.78. The Bertz CT molecular complexity index is 1250. The molecule has 0 spiro atoms. The molecule has 3 aromatic carbocycles. The fraction of sp³-hybridized carbons (Fsp3) is 0.269. The van der Waals surface area contributed by atoms with Gasteiger partial charge in [0.1, 0.15) is 6.54 Å². The van der Waals surface area contributed by atoms with Crippen molar-refractivity contribution in [2.45, 2.75) is 30.9 Å². The zero-order valence-electron chi connectivity index (χ0n) is 18.9. The highest BCUT2D eigenvalue weighted by Gasteiger charge is 2.35. The smallest absolute Gasteiger partial charge is 0.265 e. The summed E-state index contributed by atoms with van der Waals surface area (Å²) in [4.78, 5) is 12.9. The second-order valence-corrected chi connectivity index (χ2v) is 11.0. The minimum atomic E-state index is -3.82. The van der Waals surface area contributed by atoms with Crippen molar-refractivity contribution >= 4 is 33.4 Å². The van der Waals surface area contributed by atoms with Crippen molar-refractivity contribution in [3.63, 3.8) is 0 Å². The van der Waals surface area contributed by atoms with Gasteiger partial charge in [-0.2, -0.15) is 11.8 Å². The van der Waals surface area contributed by atoms with Gasteiger partial charge < -0.3 is 5.32 Å². The number of amides is 1. The van der Waals surface area contributed by atoms with Crippen LogP contribution in [0.2, 0.25) is 0 Å². The molecule has 7 heteroatoms. The number of nitrogens with one attached hydrogen (secondary N) is 1. The SMILES string of the molecule is CCc1ccc2c(c1)-c1ccccc1S(=O)(=O)N2CC(=O)NCCSCc1ccc(C)cc1. The maximum absolute atomic E-state index is 13.4. The van der Waals surface area contributed by atoms with Crippen LogP contribution in [0.25, 0.3) is 11.1 Å². The molecule has 172 valence electrons. The molecule has 1 amide bonds. The molecule has 33 heavy (non-hydrogen) atoms. The van der Waals surface area contributed by atoms with E-state index in [1.165, 1.54) is 15.4 Å². The molecule has 0 aromatic heterocycles. The zero-order chi connectivity index (χ0) is 23.4. The van der Waals surface area contributed by atoms with Gasteiger partial charge in [0.25, 0.3) is 10.0 Å². The molecule has 1 heterocycles. The van der Waals surface area contributed by atoms with Crippen LogP contribution in [-0.2, 0) is 27.0 Å². The Morgan fingerprint density at radius 3 is 2.45 bits per heavy atom. The number of carbonyl (C=O) groups excluding carboxylic acids is 1. The first-order valence-corrected chi connectivity index (χ1v) is 13.6. The molecule has 1 aliphatic rings. The number of hydrogen-bond donors (Lipinski definition) is 1. The molecule has 1 N–H and O–H groups in total. The van der Waals surface area contributed by atoms with Crippen molar-refractivity contribution in [2.24, 2.45) is 0 Å². The number of aryl methyl sites for hydroxylation is 2. The summed E-state index contributed by atoms with van der Waals surface area (Å²) in [6, 6.07) is 21.2. The Morgan fingerprint density at radius 1 is 0.970 bits per heavy atom. The maximum atomic E-state index is 13.4. The first kappa shape index (κ1) is 23.4.